The van der Waals surface area contributed by atoms with Crippen molar-refractivity contribution in [1.82, 2.24) is 5.32 Å². The van der Waals surface area contributed by atoms with Crippen LogP contribution in [0.25, 0.3) is 0 Å². The van der Waals surface area contributed by atoms with E-state index < -0.39 is 0 Å². The van der Waals surface area contributed by atoms with Gasteiger partial charge in [0.2, 0.25) is 0 Å². The zero-order valence-electron chi connectivity index (χ0n) is 9.00. The Labute approximate surface area is 86.5 Å². The summed E-state index contributed by atoms with van der Waals surface area (Å²) in [5.74, 6) is 0. The van der Waals surface area contributed by atoms with Crippen LogP contribution in [-0.4, -0.2) is 26.7 Å². The predicted molar refractivity (Wildman–Crippen MR) is 57.0 cm³/mol. The highest BCUT2D eigenvalue weighted by Gasteiger charge is 2.06. The van der Waals surface area contributed by atoms with Crippen molar-refractivity contribution in [1.29, 1.82) is 0 Å². The molecular weight excluding hydrogens is 178 g/mol. The van der Waals surface area contributed by atoms with E-state index in [1.807, 2.05) is 7.05 Å². The maximum atomic E-state index is 5.57. The Hall–Kier alpha value is -0.380. The highest BCUT2D eigenvalue weighted by Crippen LogP contribution is 2.13. The Kier molecular flexibility index (Phi) is 6.66. The normalized spacial score (nSPS) is 25.4. The number of hydrogen-bond acceptors (Lipinski definition) is 3. The van der Waals surface area contributed by atoms with Gasteiger partial charge in [-0.2, -0.15) is 0 Å². The van der Waals surface area contributed by atoms with Gasteiger partial charge in [-0.05, 0) is 26.3 Å². The molecule has 0 aromatic rings. The molecule has 0 aromatic carbocycles. The molecule has 1 unspecified atom stereocenters. The number of ether oxygens (including phenoxy) is 2. The van der Waals surface area contributed by atoms with Crippen LogP contribution in [0, 0.1) is 0 Å². The highest BCUT2D eigenvalue weighted by molar-refractivity contribution is 4.90. The Morgan fingerprint density at radius 2 is 2.29 bits per heavy atom. The predicted octanol–water partition coefficient (Wildman–Crippen LogP) is 2.04. The topological polar surface area (TPSA) is 30.5 Å². The van der Waals surface area contributed by atoms with E-state index in [4.69, 9.17) is 9.47 Å². The van der Waals surface area contributed by atoms with Crippen molar-refractivity contribution >= 4 is 0 Å². The van der Waals surface area contributed by atoms with Crippen molar-refractivity contribution in [3.05, 3.63) is 12.2 Å². The molecule has 0 spiro atoms. The van der Waals surface area contributed by atoms with Gasteiger partial charge >= 0.3 is 0 Å². The Balaban J connectivity index is 2.10. The fourth-order valence-electron chi connectivity index (χ4n) is 1.55. The molecule has 14 heavy (non-hydrogen) atoms. The molecule has 1 atom stereocenters. The van der Waals surface area contributed by atoms with E-state index in [1.165, 1.54) is 25.7 Å². The lowest BCUT2D eigenvalue weighted by Crippen LogP contribution is -2.18. The van der Waals surface area contributed by atoms with Crippen LogP contribution < -0.4 is 5.32 Å². The van der Waals surface area contributed by atoms with Crippen molar-refractivity contribution in [2.24, 2.45) is 0 Å². The summed E-state index contributed by atoms with van der Waals surface area (Å²) in [6.07, 6.45) is 10.9. The first-order valence-corrected chi connectivity index (χ1v) is 5.44. The number of nitrogens with one attached hydrogen (secondary N) is 1. The van der Waals surface area contributed by atoms with Crippen LogP contribution >= 0.6 is 0 Å². The molecule has 1 N–H and O–H groups in total. The van der Waals surface area contributed by atoms with Crippen LogP contribution in [0.5, 0.6) is 0 Å². The van der Waals surface area contributed by atoms with Gasteiger partial charge in [0.1, 0.15) is 6.79 Å². The smallest absolute Gasteiger partial charge is 0.149 e. The molecule has 0 aromatic heterocycles. The maximum absolute atomic E-state index is 5.57. The van der Waals surface area contributed by atoms with Gasteiger partial charge in [-0.1, -0.05) is 25.0 Å². The molecule has 3 nitrogen and oxygen atoms in total. The average molecular weight is 199 g/mol. The fraction of sp³-hybridized carbons (Fsp3) is 0.818. The Morgan fingerprint density at radius 1 is 1.36 bits per heavy atom. The number of hydrogen-bond donors (Lipinski definition) is 1. The summed E-state index contributed by atoms with van der Waals surface area (Å²) in [4.78, 5) is 0. The minimum atomic E-state index is 0.257. The van der Waals surface area contributed by atoms with Crippen LogP contribution in [0.3, 0.4) is 0 Å². The van der Waals surface area contributed by atoms with Crippen molar-refractivity contribution in [2.75, 3.05) is 20.6 Å². The van der Waals surface area contributed by atoms with Crippen LogP contribution in [0.2, 0.25) is 0 Å². The summed E-state index contributed by atoms with van der Waals surface area (Å²) in [6, 6.07) is 0. The summed E-state index contributed by atoms with van der Waals surface area (Å²) in [5, 5.41) is 2.91. The van der Waals surface area contributed by atoms with E-state index in [1.54, 1.807) is 0 Å². The van der Waals surface area contributed by atoms with Crippen LogP contribution in [0.4, 0.5) is 0 Å². The highest BCUT2D eigenvalue weighted by atomic mass is 16.7. The van der Waals surface area contributed by atoms with Crippen LogP contribution in [0.15, 0.2) is 12.2 Å². The molecule has 0 saturated carbocycles. The first-order valence-electron chi connectivity index (χ1n) is 5.44. The molecule has 1 aliphatic rings. The second-order valence-electron chi connectivity index (χ2n) is 3.59. The second-order valence-corrected chi connectivity index (χ2v) is 3.59. The molecule has 0 heterocycles. The Morgan fingerprint density at radius 3 is 3.14 bits per heavy atom. The molecule has 82 valence electrons. The molecule has 0 radical (unpaired) electrons. The summed E-state index contributed by atoms with van der Waals surface area (Å²) >= 11 is 0. The minimum Gasteiger partial charge on any atom is -0.348 e. The van der Waals surface area contributed by atoms with Gasteiger partial charge < -0.3 is 9.47 Å². The van der Waals surface area contributed by atoms with Crippen LogP contribution in [0.1, 0.15) is 32.1 Å². The lowest BCUT2D eigenvalue weighted by molar-refractivity contribution is -0.0814. The van der Waals surface area contributed by atoms with Gasteiger partial charge in [-0.15, -0.1) is 0 Å². The molecule has 0 fully saturated rings. The third kappa shape index (κ3) is 5.37. The van der Waals surface area contributed by atoms with E-state index in [0.29, 0.717) is 13.5 Å². The van der Waals surface area contributed by atoms with Gasteiger partial charge in [0.25, 0.3) is 0 Å². The lowest BCUT2D eigenvalue weighted by Gasteiger charge is -2.15. The van der Waals surface area contributed by atoms with E-state index >= 15 is 0 Å². The van der Waals surface area contributed by atoms with Gasteiger partial charge in [0, 0.05) is 0 Å². The quantitative estimate of drug-likeness (QED) is 0.417. The molecule has 0 saturated heterocycles. The van der Waals surface area contributed by atoms with Gasteiger partial charge in [0.15, 0.2) is 0 Å². The first kappa shape index (κ1) is 11.7. The van der Waals surface area contributed by atoms with Gasteiger partial charge in [0.05, 0.1) is 12.8 Å². The minimum absolute atomic E-state index is 0.257. The summed E-state index contributed by atoms with van der Waals surface area (Å²) in [7, 11) is 1.86. The third-order valence-corrected chi connectivity index (χ3v) is 2.32. The van der Waals surface area contributed by atoms with E-state index in [9.17, 15) is 0 Å². The molecule has 1 rings (SSSR count). The molecule has 0 aliphatic heterocycles. The van der Waals surface area contributed by atoms with Crippen molar-refractivity contribution in [2.45, 2.75) is 38.2 Å². The molecule has 0 amide bonds. The van der Waals surface area contributed by atoms with Crippen molar-refractivity contribution < 1.29 is 9.47 Å². The standard InChI is InChI=1S/C11H21NO2/c1-12-9-13-10-14-11-7-5-3-2-4-6-8-11/h5,7,11-12H,2-4,6,8-10H2,1H3/b7-5+. The molecule has 3 heteroatoms. The maximum Gasteiger partial charge on any atom is 0.149 e. The number of rotatable bonds is 5. The summed E-state index contributed by atoms with van der Waals surface area (Å²) < 4.78 is 10.8. The third-order valence-electron chi connectivity index (χ3n) is 2.32. The van der Waals surface area contributed by atoms with Crippen LogP contribution in [-0.2, 0) is 9.47 Å². The zero-order chi connectivity index (χ0) is 10.1. The average Bonchev–Trinajstić information content (AvgIpc) is 2.15. The molecule has 0 bridgehead atoms. The largest absolute Gasteiger partial charge is 0.348 e. The number of allylic oxidation sites excluding steroid dienone is 1. The monoisotopic (exact) mass is 199 g/mol. The molecular formula is C11H21NO2. The van der Waals surface area contributed by atoms with E-state index in [-0.39, 0.29) is 6.10 Å². The second kappa shape index (κ2) is 7.97. The summed E-state index contributed by atoms with van der Waals surface area (Å²) in [5.41, 5.74) is 0. The SMILES string of the molecule is CNCOCOC1/C=C/CCCCC1. The van der Waals surface area contributed by atoms with E-state index in [0.717, 1.165) is 6.42 Å². The lowest BCUT2D eigenvalue weighted by atomic mass is 10.0. The first-order chi connectivity index (χ1) is 6.93. The van der Waals surface area contributed by atoms with Gasteiger partial charge in [-0.25, -0.2) is 0 Å². The summed E-state index contributed by atoms with van der Waals surface area (Å²) in [6.45, 7) is 0.937. The van der Waals surface area contributed by atoms with Gasteiger partial charge in [-0.3, -0.25) is 5.32 Å². The Bertz CT molecular complexity index is 159. The zero-order valence-corrected chi connectivity index (χ0v) is 9.00. The van der Waals surface area contributed by atoms with E-state index in [2.05, 4.69) is 17.5 Å². The molecule has 1 aliphatic carbocycles. The van der Waals surface area contributed by atoms with Crippen molar-refractivity contribution in [3.63, 3.8) is 0 Å². The van der Waals surface area contributed by atoms with Crippen molar-refractivity contribution in [3.8, 4) is 0 Å². The fourth-order valence-corrected chi connectivity index (χ4v) is 1.55.